The Kier molecular flexibility index (Phi) is 52.8. The molecule has 0 spiro atoms. The molecule has 0 saturated carbocycles. The molecule has 0 aromatic rings. The van der Waals surface area contributed by atoms with Crippen LogP contribution in [-0.4, -0.2) is 37.2 Å². The summed E-state index contributed by atoms with van der Waals surface area (Å²) < 4.78 is 16.8. The Morgan fingerprint density at radius 3 is 0.879 bits per heavy atom. The van der Waals surface area contributed by atoms with E-state index in [1.54, 1.807) is 0 Å². The van der Waals surface area contributed by atoms with Crippen molar-refractivity contribution in [1.29, 1.82) is 0 Å². The van der Waals surface area contributed by atoms with Crippen molar-refractivity contribution in [2.75, 3.05) is 13.2 Å². The largest absolute Gasteiger partial charge is 0.462 e. The lowest BCUT2D eigenvalue weighted by Crippen LogP contribution is -2.30. The van der Waals surface area contributed by atoms with E-state index in [0.29, 0.717) is 19.3 Å². The van der Waals surface area contributed by atoms with E-state index < -0.39 is 6.10 Å². The maximum absolute atomic E-state index is 12.8. The minimum absolute atomic E-state index is 0.0860. The van der Waals surface area contributed by atoms with Crippen molar-refractivity contribution in [3.05, 3.63) is 48.6 Å². The summed E-state index contributed by atoms with van der Waals surface area (Å²) >= 11 is 0. The zero-order chi connectivity index (χ0) is 47.9. The first-order valence-electron chi connectivity index (χ1n) is 28.7. The lowest BCUT2D eigenvalue weighted by atomic mass is 10.1. The number of carbonyl (C=O) groups is 3. The van der Waals surface area contributed by atoms with E-state index in [-0.39, 0.29) is 31.1 Å². The van der Waals surface area contributed by atoms with Gasteiger partial charge in [-0.2, -0.15) is 0 Å². The monoisotopic (exact) mass is 925 g/mol. The van der Waals surface area contributed by atoms with Crippen LogP contribution in [-0.2, 0) is 28.6 Å². The van der Waals surface area contributed by atoms with Crippen LogP contribution in [0.1, 0.15) is 297 Å². The second kappa shape index (κ2) is 55.0. The summed E-state index contributed by atoms with van der Waals surface area (Å²) in [6, 6.07) is 0. The molecule has 0 radical (unpaired) electrons. The van der Waals surface area contributed by atoms with Gasteiger partial charge in [-0.3, -0.25) is 14.4 Å². The van der Waals surface area contributed by atoms with Crippen molar-refractivity contribution in [3.8, 4) is 0 Å². The Labute approximate surface area is 409 Å². The lowest BCUT2D eigenvalue weighted by molar-refractivity contribution is -0.167. The number of hydrogen-bond donors (Lipinski definition) is 0. The van der Waals surface area contributed by atoms with Crippen LogP contribution < -0.4 is 0 Å². The molecule has 6 heteroatoms. The van der Waals surface area contributed by atoms with Crippen molar-refractivity contribution in [2.24, 2.45) is 0 Å². The number of allylic oxidation sites excluding steroid dienone is 8. The second-order valence-electron chi connectivity index (χ2n) is 19.2. The van der Waals surface area contributed by atoms with Crippen LogP contribution in [0.2, 0.25) is 0 Å². The third-order valence-corrected chi connectivity index (χ3v) is 12.6. The first-order chi connectivity index (χ1) is 32.5. The molecule has 1 unspecified atom stereocenters. The molecule has 0 aliphatic heterocycles. The molecule has 0 bridgehead atoms. The quantitative estimate of drug-likeness (QED) is 0.0199. The van der Waals surface area contributed by atoms with Gasteiger partial charge in [0.25, 0.3) is 0 Å². The van der Waals surface area contributed by atoms with Gasteiger partial charge in [-0.1, -0.05) is 230 Å². The molecule has 0 heterocycles. The van der Waals surface area contributed by atoms with Crippen LogP contribution >= 0.6 is 0 Å². The fourth-order valence-electron chi connectivity index (χ4n) is 8.19. The molecular formula is C60H108O6. The minimum Gasteiger partial charge on any atom is -0.462 e. The molecule has 66 heavy (non-hydrogen) atoms. The average Bonchev–Trinajstić information content (AvgIpc) is 3.31. The third kappa shape index (κ3) is 52.3. The standard InChI is InChI=1S/C60H108O6/c1-4-7-10-13-16-19-22-25-28-30-33-35-38-41-44-47-50-53-59(62)65-56-57(55-64-58(61)52-49-46-43-40-37-34-31-27-24-21-18-15-12-9-6-3)66-60(63)54-51-48-45-42-39-36-32-29-26-23-20-17-14-11-8-5-2/h21,24-25,28-29,32,36,39,57H,4-20,22-23,26-27,30-31,33-35,37-38,40-56H2,1-3H3/b24-21-,28-25-,32-29-,39-36-. The van der Waals surface area contributed by atoms with Gasteiger partial charge < -0.3 is 14.2 Å². The van der Waals surface area contributed by atoms with E-state index in [9.17, 15) is 14.4 Å². The Morgan fingerprint density at radius 1 is 0.303 bits per heavy atom. The summed E-state index contributed by atoms with van der Waals surface area (Å²) in [5.74, 6) is -0.909. The van der Waals surface area contributed by atoms with Gasteiger partial charge in [0.05, 0.1) is 0 Å². The first kappa shape index (κ1) is 63.4. The molecule has 0 saturated heterocycles. The van der Waals surface area contributed by atoms with Crippen LogP contribution in [0, 0.1) is 0 Å². The Balaban J connectivity index is 4.41. The topological polar surface area (TPSA) is 78.9 Å². The van der Waals surface area contributed by atoms with Gasteiger partial charge in [0.2, 0.25) is 0 Å². The average molecular weight is 926 g/mol. The molecule has 1 atom stereocenters. The van der Waals surface area contributed by atoms with E-state index in [4.69, 9.17) is 14.2 Å². The highest BCUT2D eigenvalue weighted by molar-refractivity contribution is 5.71. The van der Waals surface area contributed by atoms with Crippen molar-refractivity contribution < 1.29 is 28.6 Å². The van der Waals surface area contributed by atoms with Gasteiger partial charge >= 0.3 is 17.9 Å². The van der Waals surface area contributed by atoms with Crippen molar-refractivity contribution in [3.63, 3.8) is 0 Å². The lowest BCUT2D eigenvalue weighted by Gasteiger charge is -2.18. The highest BCUT2D eigenvalue weighted by Gasteiger charge is 2.19. The Morgan fingerprint density at radius 2 is 0.545 bits per heavy atom. The second-order valence-corrected chi connectivity index (χ2v) is 19.2. The summed E-state index contributed by atoms with van der Waals surface area (Å²) in [5.41, 5.74) is 0. The highest BCUT2D eigenvalue weighted by Crippen LogP contribution is 2.15. The highest BCUT2D eigenvalue weighted by atomic mass is 16.6. The van der Waals surface area contributed by atoms with Crippen LogP contribution in [0.4, 0.5) is 0 Å². The van der Waals surface area contributed by atoms with Gasteiger partial charge in [0, 0.05) is 19.3 Å². The zero-order valence-corrected chi connectivity index (χ0v) is 44.0. The van der Waals surface area contributed by atoms with Crippen molar-refractivity contribution in [1.82, 2.24) is 0 Å². The molecule has 384 valence electrons. The first-order valence-corrected chi connectivity index (χ1v) is 28.7. The van der Waals surface area contributed by atoms with E-state index in [1.807, 2.05) is 0 Å². The van der Waals surface area contributed by atoms with E-state index in [0.717, 1.165) is 70.6 Å². The number of ether oxygens (including phenoxy) is 3. The predicted molar refractivity (Wildman–Crippen MR) is 284 cm³/mol. The zero-order valence-electron chi connectivity index (χ0n) is 44.0. The molecule has 0 fully saturated rings. The molecule has 0 amide bonds. The van der Waals surface area contributed by atoms with E-state index in [1.165, 1.54) is 186 Å². The summed E-state index contributed by atoms with van der Waals surface area (Å²) in [6.45, 7) is 6.62. The van der Waals surface area contributed by atoms with Crippen LogP contribution in [0.3, 0.4) is 0 Å². The Bertz CT molecular complexity index is 1150. The van der Waals surface area contributed by atoms with E-state index >= 15 is 0 Å². The van der Waals surface area contributed by atoms with Gasteiger partial charge in [-0.05, 0) is 96.3 Å². The number of hydrogen-bond acceptors (Lipinski definition) is 6. The summed E-state index contributed by atoms with van der Waals surface area (Å²) in [4.78, 5) is 38.1. The van der Waals surface area contributed by atoms with Gasteiger partial charge in [0.15, 0.2) is 6.10 Å². The molecule has 0 aliphatic carbocycles. The summed E-state index contributed by atoms with van der Waals surface area (Å²) in [5, 5.41) is 0. The minimum atomic E-state index is -0.789. The molecular weight excluding hydrogens is 817 g/mol. The van der Waals surface area contributed by atoms with Gasteiger partial charge in [0.1, 0.15) is 13.2 Å². The number of rotatable bonds is 52. The SMILES string of the molecule is CCCCCC/C=C\CCCCCCCCCC(=O)OCC(COC(=O)CCCCCCCCC/C=C\CCCCCCCC)OC(=O)CCCCC/C=C\C=C/CCCCCCCCC. The third-order valence-electron chi connectivity index (χ3n) is 12.6. The number of esters is 3. The molecule has 6 nitrogen and oxygen atoms in total. The van der Waals surface area contributed by atoms with Gasteiger partial charge in [-0.25, -0.2) is 0 Å². The number of unbranched alkanes of at least 4 members (excludes halogenated alkanes) is 34. The maximum atomic E-state index is 12.8. The van der Waals surface area contributed by atoms with Crippen molar-refractivity contribution in [2.45, 2.75) is 303 Å². The maximum Gasteiger partial charge on any atom is 0.306 e. The fraction of sp³-hybridized carbons (Fsp3) is 0.817. The van der Waals surface area contributed by atoms with Crippen LogP contribution in [0.25, 0.3) is 0 Å². The van der Waals surface area contributed by atoms with E-state index in [2.05, 4.69) is 69.4 Å². The normalized spacial score (nSPS) is 12.3. The van der Waals surface area contributed by atoms with Crippen LogP contribution in [0.5, 0.6) is 0 Å². The van der Waals surface area contributed by atoms with Crippen molar-refractivity contribution >= 4 is 17.9 Å². The summed E-state index contributed by atoms with van der Waals surface area (Å²) in [6.07, 6.45) is 66.7. The molecule has 0 aliphatic rings. The molecule has 0 N–H and O–H groups in total. The summed E-state index contributed by atoms with van der Waals surface area (Å²) in [7, 11) is 0. The molecule has 0 rings (SSSR count). The molecule has 0 aromatic heterocycles. The Hall–Kier alpha value is -2.63. The molecule has 0 aromatic carbocycles. The van der Waals surface area contributed by atoms with Gasteiger partial charge in [-0.15, -0.1) is 0 Å². The predicted octanol–water partition coefficient (Wildman–Crippen LogP) is 19.0. The van der Waals surface area contributed by atoms with Crippen LogP contribution in [0.15, 0.2) is 48.6 Å². The smallest absolute Gasteiger partial charge is 0.306 e. The fourth-order valence-corrected chi connectivity index (χ4v) is 8.19. The number of carbonyl (C=O) groups excluding carboxylic acids is 3.